The summed E-state index contributed by atoms with van der Waals surface area (Å²) in [6.07, 6.45) is -0.556. The molecule has 1 aromatic carbocycles. The van der Waals surface area contributed by atoms with Gasteiger partial charge in [-0.25, -0.2) is 4.98 Å². The zero-order valence-corrected chi connectivity index (χ0v) is 18.9. The summed E-state index contributed by atoms with van der Waals surface area (Å²) in [4.78, 5) is 19.0. The number of rotatable bonds is 5. The highest BCUT2D eigenvalue weighted by molar-refractivity contribution is 5.91. The maximum atomic E-state index is 12.9. The number of pyridine rings is 1. The zero-order chi connectivity index (χ0) is 23.8. The van der Waals surface area contributed by atoms with Gasteiger partial charge < -0.3 is 19.7 Å². The topological polar surface area (TPSA) is 63.7 Å². The number of hydrogen-bond acceptors (Lipinski definition) is 5. The van der Waals surface area contributed by atoms with Crippen molar-refractivity contribution in [2.45, 2.75) is 43.3 Å². The number of benzene rings is 1. The Kier molecular flexibility index (Phi) is 6.26. The standard InChI is InChI=1S/C24H28F3N3O3/c1-30-11-10-23(16-4-6-18(32-2)19(13-16)33-3)9-8-15(12-20(23)30)22(31)29-21-7-5-17(14-28-21)24(25,26)27/h4-7,13-15,20H,8-12H2,1-3H3,(H,28,29,31)/t15-,20+,23+/m1/s1. The van der Waals surface area contributed by atoms with Crippen molar-refractivity contribution in [3.05, 3.63) is 47.7 Å². The second-order valence-corrected chi connectivity index (χ2v) is 8.86. The van der Waals surface area contributed by atoms with E-state index in [4.69, 9.17) is 9.47 Å². The van der Waals surface area contributed by atoms with Gasteiger partial charge in [-0.3, -0.25) is 4.79 Å². The highest BCUT2D eigenvalue weighted by atomic mass is 19.4. The van der Waals surface area contributed by atoms with E-state index in [0.29, 0.717) is 24.3 Å². The highest BCUT2D eigenvalue weighted by Gasteiger charge is 2.51. The van der Waals surface area contributed by atoms with Crippen LogP contribution in [0.5, 0.6) is 11.5 Å². The smallest absolute Gasteiger partial charge is 0.417 e. The number of likely N-dealkylation sites (tertiary alicyclic amines) is 1. The lowest BCUT2D eigenvalue weighted by molar-refractivity contribution is -0.137. The number of halogens is 3. The van der Waals surface area contributed by atoms with Gasteiger partial charge in [-0.1, -0.05) is 6.07 Å². The van der Waals surface area contributed by atoms with Gasteiger partial charge >= 0.3 is 6.18 Å². The summed E-state index contributed by atoms with van der Waals surface area (Å²) in [7, 11) is 5.30. The van der Waals surface area contributed by atoms with Crippen LogP contribution in [0.25, 0.3) is 0 Å². The average molecular weight is 464 g/mol. The number of carbonyl (C=O) groups excluding carboxylic acids is 1. The molecule has 3 atom stereocenters. The quantitative estimate of drug-likeness (QED) is 0.708. The summed E-state index contributed by atoms with van der Waals surface area (Å²) in [5.41, 5.74) is 0.251. The Labute approximate surface area is 191 Å². The molecule has 1 aliphatic carbocycles. The second-order valence-electron chi connectivity index (χ2n) is 8.86. The average Bonchev–Trinajstić information content (AvgIpc) is 3.15. The molecule has 1 N–H and O–H groups in total. The molecule has 1 saturated heterocycles. The van der Waals surface area contributed by atoms with Gasteiger partial charge in [0.2, 0.25) is 5.91 Å². The van der Waals surface area contributed by atoms with Gasteiger partial charge in [0, 0.05) is 23.6 Å². The van der Waals surface area contributed by atoms with Crippen molar-refractivity contribution in [1.82, 2.24) is 9.88 Å². The van der Waals surface area contributed by atoms with Crippen LogP contribution in [0.2, 0.25) is 0 Å². The molecule has 2 heterocycles. The Balaban J connectivity index is 1.51. The van der Waals surface area contributed by atoms with E-state index in [9.17, 15) is 18.0 Å². The fourth-order valence-corrected chi connectivity index (χ4v) is 5.37. The van der Waals surface area contributed by atoms with E-state index in [1.165, 1.54) is 11.6 Å². The normalized spacial score (nSPS) is 25.4. The Morgan fingerprint density at radius 1 is 1.15 bits per heavy atom. The zero-order valence-electron chi connectivity index (χ0n) is 18.9. The molecule has 1 aliphatic heterocycles. The van der Waals surface area contributed by atoms with Crippen LogP contribution in [0, 0.1) is 5.92 Å². The number of hydrogen-bond donors (Lipinski definition) is 1. The number of ether oxygens (including phenoxy) is 2. The molecule has 1 saturated carbocycles. The Morgan fingerprint density at radius 2 is 1.91 bits per heavy atom. The first-order valence-electron chi connectivity index (χ1n) is 10.9. The third-order valence-corrected chi connectivity index (χ3v) is 7.20. The largest absolute Gasteiger partial charge is 0.493 e. The lowest BCUT2D eigenvalue weighted by Crippen LogP contribution is -2.48. The minimum absolute atomic E-state index is 0.0856. The molecule has 2 fully saturated rings. The molecule has 6 nitrogen and oxygen atoms in total. The van der Waals surface area contributed by atoms with Crippen LogP contribution in [-0.2, 0) is 16.4 Å². The number of nitrogens with zero attached hydrogens (tertiary/aromatic N) is 2. The van der Waals surface area contributed by atoms with Gasteiger partial charge in [-0.15, -0.1) is 0 Å². The fraction of sp³-hybridized carbons (Fsp3) is 0.500. The monoisotopic (exact) mass is 463 g/mol. The van der Waals surface area contributed by atoms with Gasteiger partial charge in [0.1, 0.15) is 5.82 Å². The van der Waals surface area contributed by atoms with Crippen molar-refractivity contribution < 1.29 is 27.4 Å². The molecule has 0 bridgehead atoms. The molecule has 2 aromatic rings. The van der Waals surface area contributed by atoms with E-state index in [0.717, 1.165) is 31.6 Å². The van der Waals surface area contributed by atoms with Crippen molar-refractivity contribution in [3.8, 4) is 11.5 Å². The van der Waals surface area contributed by atoms with Crippen LogP contribution in [0.1, 0.15) is 36.8 Å². The molecule has 9 heteroatoms. The Morgan fingerprint density at radius 3 is 2.55 bits per heavy atom. The molecule has 0 spiro atoms. The fourth-order valence-electron chi connectivity index (χ4n) is 5.37. The summed E-state index contributed by atoms with van der Waals surface area (Å²) in [6.45, 7) is 0.924. The molecular weight excluding hydrogens is 435 g/mol. The van der Waals surface area contributed by atoms with Crippen LogP contribution in [-0.4, -0.2) is 49.6 Å². The molecule has 1 aromatic heterocycles. The number of fused-ring (bicyclic) bond motifs is 1. The first-order valence-corrected chi connectivity index (χ1v) is 10.9. The van der Waals surface area contributed by atoms with Crippen molar-refractivity contribution in [2.75, 3.05) is 33.1 Å². The van der Waals surface area contributed by atoms with Crippen LogP contribution >= 0.6 is 0 Å². The number of amides is 1. The molecule has 4 rings (SSSR count). The highest BCUT2D eigenvalue weighted by Crippen LogP contribution is 2.51. The second kappa shape index (κ2) is 8.85. The van der Waals surface area contributed by atoms with Gasteiger partial charge in [0.15, 0.2) is 11.5 Å². The number of aromatic nitrogens is 1. The molecule has 2 aliphatic rings. The number of methoxy groups -OCH3 is 2. The van der Waals surface area contributed by atoms with E-state index >= 15 is 0 Å². The predicted octanol–water partition coefficient (Wildman–Crippen LogP) is 4.50. The number of alkyl halides is 3. The first kappa shape index (κ1) is 23.4. The third-order valence-electron chi connectivity index (χ3n) is 7.20. The molecule has 178 valence electrons. The molecule has 1 amide bonds. The van der Waals surface area contributed by atoms with Crippen LogP contribution in [0.15, 0.2) is 36.5 Å². The third kappa shape index (κ3) is 4.38. The summed E-state index contributed by atoms with van der Waals surface area (Å²) < 4.78 is 49.2. The number of nitrogens with one attached hydrogen (secondary N) is 1. The Bertz CT molecular complexity index is 1010. The van der Waals surface area contributed by atoms with E-state index < -0.39 is 11.7 Å². The summed E-state index contributed by atoms with van der Waals surface area (Å²) in [5.74, 6) is 1.05. The van der Waals surface area contributed by atoms with Gasteiger partial charge in [0.25, 0.3) is 0 Å². The van der Waals surface area contributed by atoms with Crippen molar-refractivity contribution >= 4 is 11.7 Å². The summed E-state index contributed by atoms with van der Waals surface area (Å²) in [6, 6.07) is 8.33. The molecule has 0 unspecified atom stereocenters. The number of likely N-dealkylation sites (N-methyl/N-ethyl adjacent to an activating group) is 1. The molecule has 0 radical (unpaired) electrons. The maximum absolute atomic E-state index is 12.9. The van der Waals surface area contributed by atoms with Crippen molar-refractivity contribution in [3.63, 3.8) is 0 Å². The van der Waals surface area contributed by atoms with E-state index in [1.54, 1.807) is 14.2 Å². The predicted molar refractivity (Wildman–Crippen MR) is 117 cm³/mol. The van der Waals surface area contributed by atoms with Crippen LogP contribution < -0.4 is 14.8 Å². The van der Waals surface area contributed by atoms with Crippen molar-refractivity contribution in [2.24, 2.45) is 5.92 Å². The van der Waals surface area contributed by atoms with E-state index in [2.05, 4.69) is 28.3 Å². The van der Waals surface area contributed by atoms with Gasteiger partial charge in [-0.2, -0.15) is 13.2 Å². The van der Waals surface area contributed by atoms with Crippen LogP contribution in [0.3, 0.4) is 0 Å². The van der Waals surface area contributed by atoms with Gasteiger partial charge in [-0.05, 0) is 69.1 Å². The lowest BCUT2D eigenvalue weighted by atomic mass is 9.63. The van der Waals surface area contributed by atoms with E-state index in [-0.39, 0.29) is 29.1 Å². The summed E-state index contributed by atoms with van der Waals surface area (Å²) >= 11 is 0. The van der Waals surface area contributed by atoms with Gasteiger partial charge in [0.05, 0.1) is 19.8 Å². The van der Waals surface area contributed by atoms with E-state index in [1.807, 2.05) is 12.1 Å². The minimum atomic E-state index is -4.46. The first-order chi connectivity index (χ1) is 15.7. The maximum Gasteiger partial charge on any atom is 0.417 e. The summed E-state index contributed by atoms with van der Waals surface area (Å²) in [5, 5.41) is 2.70. The number of carbonyl (C=O) groups is 1. The van der Waals surface area contributed by atoms with Crippen LogP contribution in [0.4, 0.5) is 19.0 Å². The molecule has 33 heavy (non-hydrogen) atoms. The number of anilines is 1. The Hall–Kier alpha value is -2.81. The van der Waals surface area contributed by atoms with Crippen molar-refractivity contribution in [1.29, 1.82) is 0 Å². The molecular formula is C24H28F3N3O3. The minimum Gasteiger partial charge on any atom is -0.493 e. The SMILES string of the molecule is COc1ccc([C@@]23CC[C@@H](C(=O)Nc4ccc(C(F)(F)F)cn4)C[C@@H]2N(C)CC3)cc1OC. The lowest BCUT2D eigenvalue weighted by Gasteiger charge is -2.44.